The van der Waals surface area contributed by atoms with Crippen molar-refractivity contribution < 1.29 is 18.4 Å². The smallest absolute Gasteiger partial charge is 0.265 e. The molecule has 2 aromatic carbocycles. The second kappa shape index (κ2) is 5.85. The van der Waals surface area contributed by atoms with Crippen LogP contribution < -0.4 is 9.47 Å². The van der Waals surface area contributed by atoms with E-state index < -0.39 is 0 Å². The van der Waals surface area contributed by atoms with E-state index >= 15 is 0 Å². The van der Waals surface area contributed by atoms with Crippen LogP contribution in [0.4, 0.5) is 4.39 Å². The number of methoxy groups -OCH3 is 2. The summed E-state index contributed by atoms with van der Waals surface area (Å²) in [4.78, 5) is 4.34. The van der Waals surface area contributed by atoms with E-state index in [9.17, 15) is 4.39 Å². The molecule has 0 saturated heterocycles. The van der Waals surface area contributed by atoms with Crippen molar-refractivity contribution in [1.29, 1.82) is 0 Å². The average Bonchev–Trinajstić information content (AvgIpc) is 3.04. The number of benzene rings is 2. The highest BCUT2D eigenvalue weighted by atomic mass is 19.1. The van der Waals surface area contributed by atoms with Gasteiger partial charge >= 0.3 is 0 Å². The number of halogens is 1. The largest absolute Gasteiger partial charge is 0.496 e. The molecule has 1 aromatic heterocycles. The van der Waals surface area contributed by atoms with Crippen molar-refractivity contribution in [2.45, 2.75) is 0 Å². The lowest BCUT2D eigenvalue weighted by atomic mass is 10.1. The van der Waals surface area contributed by atoms with Crippen molar-refractivity contribution in [2.24, 2.45) is 0 Å². The average molecular weight is 300 g/mol. The molecule has 0 saturated carbocycles. The van der Waals surface area contributed by atoms with Crippen LogP contribution in [0, 0.1) is 5.82 Å². The van der Waals surface area contributed by atoms with Crippen LogP contribution in [0.5, 0.6) is 11.5 Å². The Morgan fingerprint density at radius 2 is 1.59 bits per heavy atom. The molecule has 0 N–H and O–H groups in total. The molecule has 5 nitrogen and oxygen atoms in total. The Kier molecular flexibility index (Phi) is 3.74. The van der Waals surface area contributed by atoms with E-state index in [-0.39, 0.29) is 11.7 Å². The van der Waals surface area contributed by atoms with Gasteiger partial charge in [0.2, 0.25) is 5.82 Å². The van der Waals surface area contributed by atoms with Crippen molar-refractivity contribution >= 4 is 0 Å². The van der Waals surface area contributed by atoms with Gasteiger partial charge in [-0.3, -0.25) is 0 Å². The van der Waals surface area contributed by atoms with E-state index in [1.807, 2.05) is 0 Å². The minimum atomic E-state index is -0.320. The summed E-state index contributed by atoms with van der Waals surface area (Å²) in [5, 5.41) is 3.92. The zero-order chi connectivity index (χ0) is 15.5. The molecule has 0 amide bonds. The van der Waals surface area contributed by atoms with E-state index in [2.05, 4.69) is 10.1 Å². The molecular formula is C16H13FN2O3. The van der Waals surface area contributed by atoms with E-state index in [1.54, 1.807) is 44.6 Å². The standard InChI is InChI=1S/C16H13FN2O3/c1-20-12-4-3-5-13(21-2)14(12)16-18-15(19-22-16)10-6-8-11(17)9-7-10/h3-9H,1-2H3. The first-order chi connectivity index (χ1) is 10.7. The van der Waals surface area contributed by atoms with E-state index in [4.69, 9.17) is 14.0 Å². The number of aromatic nitrogens is 2. The Bertz CT molecular complexity index is 762. The van der Waals surface area contributed by atoms with Gasteiger partial charge in [-0.25, -0.2) is 4.39 Å². The fourth-order valence-corrected chi connectivity index (χ4v) is 2.10. The van der Waals surface area contributed by atoms with Crippen LogP contribution in [-0.4, -0.2) is 24.4 Å². The lowest BCUT2D eigenvalue weighted by Gasteiger charge is -2.09. The third-order valence-electron chi connectivity index (χ3n) is 3.17. The number of nitrogens with zero attached hydrogens (tertiary/aromatic N) is 2. The fourth-order valence-electron chi connectivity index (χ4n) is 2.10. The molecule has 112 valence electrons. The fraction of sp³-hybridized carbons (Fsp3) is 0.125. The van der Waals surface area contributed by atoms with Gasteiger partial charge in [-0.15, -0.1) is 0 Å². The molecule has 6 heteroatoms. The monoisotopic (exact) mass is 300 g/mol. The van der Waals surface area contributed by atoms with Gasteiger partial charge in [-0.05, 0) is 36.4 Å². The molecule has 0 aliphatic rings. The summed E-state index contributed by atoms with van der Waals surface area (Å²) in [5.74, 6) is 1.44. The molecule has 0 unspecified atom stereocenters. The second-order valence-electron chi connectivity index (χ2n) is 4.47. The Morgan fingerprint density at radius 1 is 0.955 bits per heavy atom. The zero-order valence-electron chi connectivity index (χ0n) is 12.0. The number of ether oxygens (including phenoxy) is 2. The molecule has 1 heterocycles. The quantitative estimate of drug-likeness (QED) is 0.737. The SMILES string of the molecule is COc1cccc(OC)c1-c1nc(-c2ccc(F)cc2)no1. The molecule has 0 spiro atoms. The number of hydrogen-bond acceptors (Lipinski definition) is 5. The van der Waals surface area contributed by atoms with E-state index in [0.29, 0.717) is 28.5 Å². The number of hydrogen-bond donors (Lipinski definition) is 0. The van der Waals surface area contributed by atoms with Crippen LogP contribution in [0.3, 0.4) is 0 Å². The summed E-state index contributed by atoms with van der Waals surface area (Å²) in [6, 6.07) is 11.2. The van der Waals surface area contributed by atoms with Gasteiger partial charge in [0.1, 0.15) is 22.9 Å². The topological polar surface area (TPSA) is 57.4 Å². The molecule has 0 radical (unpaired) electrons. The summed E-state index contributed by atoms with van der Waals surface area (Å²) in [6.45, 7) is 0. The maximum atomic E-state index is 13.0. The van der Waals surface area contributed by atoms with Gasteiger partial charge in [-0.1, -0.05) is 11.2 Å². The van der Waals surface area contributed by atoms with Gasteiger partial charge in [0.15, 0.2) is 0 Å². The molecular weight excluding hydrogens is 287 g/mol. The second-order valence-corrected chi connectivity index (χ2v) is 4.47. The van der Waals surface area contributed by atoms with Crippen molar-refractivity contribution in [3.8, 4) is 34.3 Å². The molecule has 3 rings (SSSR count). The third kappa shape index (κ3) is 2.50. The number of rotatable bonds is 4. The minimum Gasteiger partial charge on any atom is -0.496 e. The van der Waals surface area contributed by atoms with Crippen molar-refractivity contribution in [2.75, 3.05) is 14.2 Å². The van der Waals surface area contributed by atoms with Gasteiger partial charge < -0.3 is 14.0 Å². The van der Waals surface area contributed by atoms with Crippen LogP contribution in [0.25, 0.3) is 22.8 Å². The summed E-state index contributed by atoms with van der Waals surface area (Å²) < 4.78 is 28.9. The normalized spacial score (nSPS) is 10.5. The first kappa shape index (κ1) is 14.1. The molecule has 22 heavy (non-hydrogen) atoms. The summed E-state index contributed by atoms with van der Waals surface area (Å²) in [6.07, 6.45) is 0. The maximum absolute atomic E-state index is 13.0. The maximum Gasteiger partial charge on any atom is 0.265 e. The van der Waals surface area contributed by atoms with Crippen LogP contribution in [-0.2, 0) is 0 Å². The highest BCUT2D eigenvalue weighted by Crippen LogP contribution is 2.37. The Morgan fingerprint density at radius 3 is 2.18 bits per heavy atom. The van der Waals surface area contributed by atoms with Gasteiger partial charge in [0.25, 0.3) is 5.89 Å². The molecule has 0 aliphatic heterocycles. The van der Waals surface area contributed by atoms with Crippen molar-refractivity contribution in [3.63, 3.8) is 0 Å². The van der Waals surface area contributed by atoms with E-state index in [1.165, 1.54) is 12.1 Å². The van der Waals surface area contributed by atoms with E-state index in [0.717, 1.165) is 0 Å². The van der Waals surface area contributed by atoms with Crippen LogP contribution in [0.1, 0.15) is 0 Å². The highest BCUT2D eigenvalue weighted by molar-refractivity contribution is 5.72. The Balaban J connectivity index is 2.06. The lowest BCUT2D eigenvalue weighted by molar-refractivity contribution is 0.386. The Labute approximate surface area is 126 Å². The summed E-state index contributed by atoms with van der Waals surface area (Å²) in [7, 11) is 3.10. The van der Waals surface area contributed by atoms with Crippen LogP contribution in [0.2, 0.25) is 0 Å². The summed E-state index contributed by atoms with van der Waals surface area (Å²) in [5.41, 5.74) is 1.23. The molecule has 0 fully saturated rings. The van der Waals surface area contributed by atoms with Crippen molar-refractivity contribution in [1.82, 2.24) is 10.1 Å². The molecule has 0 bridgehead atoms. The zero-order valence-corrected chi connectivity index (χ0v) is 12.0. The molecule has 0 atom stereocenters. The van der Waals surface area contributed by atoms with Crippen LogP contribution >= 0.6 is 0 Å². The van der Waals surface area contributed by atoms with Gasteiger partial charge in [-0.2, -0.15) is 4.98 Å². The van der Waals surface area contributed by atoms with Gasteiger partial charge in [0, 0.05) is 5.56 Å². The van der Waals surface area contributed by atoms with Crippen molar-refractivity contribution in [3.05, 3.63) is 48.3 Å². The van der Waals surface area contributed by atoms with Crippen LogP contribution in [0.15, 0.2) is 47.0 Å². The summed E-state index contributed by atoms with van der Waals surface area (Å²) >= 11 is 0. The predicted molar refractivity (Wildman–Crippen MR) is 78.2 cm³/mol. The predicted octanol–water partition coefficient (Wildman–Crippen LogP) is 3.56. The lowest BCUT2D eigenvalue weighted by Crippen LogP contribution is -1.93. The highest BCUT2D eigenvalue weighted by Gasteiger charge is 2.19. The first-order valence-corrected chi connectivity index (χ1v) is 6.54. The molecule has 0 aliphatic carbocycles. The minimum absolute atomic E-state index is 0.272. The Hall–Kier alpha value is -2.89. The molecule has 3 aromatic rings. The third-order valence-corrected chi connectivity index (χ3v) is 3.17. The first-order valence-electron chi connectivity index (χ1n) is 6.54. The van der Waals surface area contributed by atoms with Gasteiger partial charge in [0.05, 0.1) is 14.2 Å².